The molecule has 0 atom stereocenters. The molecule has 0 aromatic carbocycles. The van der Waals surface area contributed by atoms with Crippen LogP contribution in [0.3, 0.4) is 0 Å². The van der Waals surface area contributed by atoms with Crippen LogP contribution in [0, 0.1) is 0 Å². The first-order chi connectivity index (χ1) is 6.83. The van der Waals surface area contributed by atoms with Gasteiger partial charge in [-0.3, -0.25) is 4.79 Å². The summed E-state index contributed by atoms with van der Waals surface area (Å²) < 4.78 is 4.52. The fourth-order valence-electron chi connectivity index (χ4n) is 0.838. The van der Waals surface area contributed by atoms with Crippen molar-refractivity contribution in [2.24, 2.45) is 0 Å². The fraction of sp³-hybridized carbons (Fsp3) is 0.444. The first kappa shape index (κ1) is 11.0. The fourth-order valence-corrected chi connectivity index (χ4v) is 1.67. The molecule has 4 nitrogen and oxygen atoms in total. The molecular formula is C9H12N2O2S. The normalized spacial score (nSPS) is 9.79. The molecule has 0 unspecified atom stereocenters. The lowest BCUT2D eigenvalue weighted by atomic mass is 10.5. The van der Waals surface area contributed by atoms with Crippen molar-refractivity contribution in [3.05, 3.63) is 24.3 Å². The van der Waals surface area contributed by atoms with Crippen LogP contribution in [0.5, 0.6) is 0 Å². The molecule has 14 heavy (non-hydrogen) atoms. The lowest BCUT2D eigenvalue weighted by Crippen LogP contribution is -2.01. The number of ether oxygens (including phenoxy) is 1. The zero-order valence-corrected chi connectivity index (χ0v) is 8.79. The van der Waals surface area contributed by atoms with Gasteiger partial charge in [-0.2, -0.15) is 11.8 Å². The van der Waals surface area contributed by atoms with Crippen LogP contribution >= 0.6 is 11.8 Å². The van der Waals surface area contributed by atoms with Crippen LogP contribution in [-0.4, -0.2) is 28.8 Å². The Balaban J connectivity index is 2.13. The van der Waals surface area contributed by atoms with E-state index in [2.05, 4.69) is 14.7 Å². The van der Waals surface area contributed by atoms with Gasteiger partial charge in [-0.15, -0.1) is 0 Å². The molecule has 0 aliphatic heterocycles. The maximum Gasteiger partial charge on any atom is 0.306 e. The van der Waals surface area contributed by atoms with Crippen LogP contribution in [0.1, 0.15) is 12.1 Å². The molecule has 0 aliphatic rings. The summed E-state index contributed by atoms with van der Waals surface area (Å²) in [5.41, 5.74) is 0.981. The zero-order chi connectivity index (χ0) is 10.2. The highest BCUT2D eigenvalue weighted by atomic mass is 32.2. The van der Waals surface area contributed by atoms with Crippen molar-refractivity contribution in [3.8, 4) is 0 Å². The lowest BCUT2D eigenvalue weighted by molar-refractivity contribution is -0.140. The average Bonchev–Trinajstić information content (AvgIpc) is 2.25. The van der Waals surface area contributed by atoms with Gasteiger partial charge in [-0.1, -0.05) is 0 Å². The maximum atomic E-state index is 10.8. The largest absolute Gasteiger partial charge is 0.469 e. The first-order valence-corrected chi connectivity index (χ1v) is 5.38. The molecule has 0 radical (unpaired) electrons. The third-order valence-electron chi connectivity index (χ3n) is 1.57. The molecule has 1 heterocycles. The van der Waals surface area contributed by atoms with E-state index < -0.39 is 0 Å². The van der Waals surface area contributed by atoms with Gasteiger partial charge in [0.05, 0.1) is 19.2 Å². The molecule has 5 heteroatoms. The number of thioether (sulfide) groups is 1. The van der Waals surface area contributed by atoms with Crippen molar-refractivity contribution in [1.29, 1.82) is 0 Å². The zero-order valence-electron chi connectivity index (χ0n) is 7.97. The predicted molar refractivity (Wildman–Crippen MR) is 54.8 cm³/mol. The third-order valence-corrected chi connectivity index (χ3v) is 2.56. The minimum Gasteiger partial charge on any atom is -0.469 e. The van der Waals surface area contributed by atoms with Crippen molar-refractivity contribution in [1.82, 2.24) is 9.97 Å². The number of nitrogens with zero attached hydrogens (tertiary/aromatic N) is 2. The Morgan fingerprint density at radius 1 is 1.64 bits per heavy atom. The van der Waals surface area contributed by atoms with E-state index in [1.807, 2.05) is 6.07 Å². The number of esters is 1. The molecule has 0 bridgehead atoms. The Bertz CT molecular complexity index is 279. The van der Waals surface area contributed by atoms with E-state index in [0.29, 0.717) is 6.42 Å². The highest BCUT2D eigenvalue weighted by Gasteiger charge is 2.00. The molecule has 0 spiro atoms. The van der Waals surface area contributed by atoms with Crippen molar-refractivity contribution < 1.29 is 9.53 Å². The standard InChI is InChI=1S/C9H12N2O2S/c1-13-9(12)3-5-14-6-8-2-4-10-7-11-8/h2,4,7H,3,5-6H2,1H3. The molecule has 0 N–H and O–H groups in total. The first-order valence-electron chi connectivity index (χ1n) is 4.22. The summed E-state index contributed by atoms with van der Waals surface area (Å²) >= 11 is 1.66. The van der Waals surface area contributed by atoms with Crippen LogP contribution in [0.4, 0.5) is 0 Å². The van der Waals surface area contributed by atoms with Crippen LogP contribution in [0.15, 0.2) is 18.6 Å². The smallest absolute Gasteiger partial charge is 0.306 e. The summed E-state index contributed by atoms with van der Waals surface area (Å²) in [5, 5.41) is 0. The Labute approximate surface area is 87.1 Å². The van der Waals surface area contributed by atoms with Gasteiger partial charge in [0.2, 0.25) is 0 Å². The molecule has 0 saturated carbocycles. The van der Waals surface area contributed by atoms with Crippen LogP contribution in [-0.2, 0) is 15.3 Å². The van der Waals surface area contributed by atoms with Gasteiger partial charge in [0.15, 0.2) is 0 Å². The second kappa shape index (κ2) is 6.37. The minimum absolute atomic E-state index is 0.166. The molecule has 0 fully saturated rings. The average molecular weight is 212 g/mol. The monoisotopic (exact) mass is 212 g/mol. The summed E-state index contributed by atoms with van der Waals surface area (Å²) in [4.78, 5) is 18.7. The highest BCUT2D eigenvalue weighted by molar-refractivity contribution is 7.98. The van der Waals surface area contributed by atoms with Gasteiger partial charge in [0.1, 0.15) is 6.33 Å². The van der Waals surface area contributed by atoms with E-state index in [4.69, 9.17) is 0 Å². The van der Waals surface area contributed by atoms with Crippen molar-refractivity contribution in [2.45, 2.75) is 12.2 Å². The van der Waals surface area contributed by atoms with Crippen molar-refractivity contribution in [2.75, 3.05) is 12.9 Å². The Morgan fingerprint density at radius 3 is 3.14 bits per heavy atom. The number of methoxy groups -OCH3 is 1. The number of carbonyl (C=O) groups is 1. The van der Waals surface area contributed by atoms with E-state index in [1.165, 1.54) is 13.4 Å². The molecule has 1 rings (SSSR count). The number of carbonyl (C=O) groups excluding carboxylic acids is 1. The summed E-state index contributed by atoms with van der Waals surface area (Å²) in [6, 6.07) is 1.87. The number of rotatable bonds is 5. The van der Waals surface area contributed by atoms with E-state index >= 15 is 0 Å². The SMILES string of the molecule is COC(=O)CCSCc1ccncn1. The van der Waals surface area contributed by atoms with Gasteiger partial charge >= 0.3 is 5.97 Å². The Kier molecular flexibility index (Phi) is 4.99. The third kappa shape index (κ3) is 4.23. The molecule has 76 valence electrons. The van der Waals surface area contributed by atoms with Gasteiger partial charge in [-0.05, 0) is 6.07 Å². The summed E-state index contributed by atoms with van der Waals surface area (Å²) in [6.45, 7) is 0. The Hall–Kier alpha value is -1.10. The van der Waals surface area contributed by atoms with E-state index in [-0.39, 0.29) is 5.97 Å². The van der Waals surface area contributed by atoms with Crippen LogP contribution < -0.4 is 0 Å². The molecule has 1 aromatic heterocycles. The topological polar surface area (TPSA) is 52.1 Å². The van der Waals surface area contributed by atoms with Crippen LogP contribution in [0.25, 0.3) is 0 Å². The van der Waals surface area contributed by atoms with E-state index in [0.717, 1.165) is 17.2 Å². The lowest BCUT2D eigenvalue weighted by Gasteiger charge is -1.99. The molecule has 0 aliphatic carbocycles. The van der Waals surface area contributed by atoms with E-state index in [1.54, 1.807) is 18.0 Å². The predicted octanol–water partition coefficient (Wildman–Crippen LogP) is 1.27. The minimum atomic E-state index is -0.166. The summed E-state index contributed by atoms with van der Waals surface area (Å²) in [7, 11) is 1.40. The van der Waals surface area contributed by atoms with Crippen molar-refractivity contribution >= 4 is 17.7 Å². The number of hydrogen-bond donors (Lipinski definition) is 0. The van der Waals surface area contributed by atoms with Gasteiger partial charge < -0.3 is 4.74 Å². The summed E-state index contributed by atoms with van der Waals surface area (Å²) in [6.07, 6.45) is 3.69. The molecular weight excluding hydrogens is 200 g/mol. The highest BCUT2D eigenvalue weighted by Crippen LogP contribution is 2.10. The van der Waals surface area contributed by atoms with Gasteiger partial charge in [-0.25, -0.2) is 9.97 Å². The number of hydrogen-bond acceptors (Lipinski definition) is 5. The summed E-state index contributed by atoms with van der Waals surface area (Å²) in [5.74, 6) is 1.40. The number of aromatic nitrogens is 2. The Morgan fingerprint density at radius 2 is 2.50 bits per heavy atom. The van der Waals surface area contributed by atoms with E-state index in [9.17, 15) is 4.79 Å². The molecule has 0 saturated heterocycles. The van der Waals surface area contributed by atoms with Crippen LogP contribution in [0.2, 0.25) is 0 Å². The maximum absolute atomic E-state index is 10.8. The quantitative estimate of drug-likeness (QED) is 0.543. The second-order valence-corrected chi connectivity index (χ2v) is 3.68. The molecule has 0 amide bonds. The van der Waals surface area contributed by atoms with Gasteiger partial charge in [0.25, 0.3) is 0 Å². The second-order valence-electron chi connectivity index (χ2n) is 2.58. The van der Waals surface area contributed by atoms with Crippen molar-refractivity contribution in [3.63, 3.8) is 0 Å². The van der Waals surface area contributed by atoms with Gasteiger partial charge in [0, 0.05) is 17.7 Å². The molecule has 1 aromatic rings.